The Kier molecular flexibility index (Phi) is 5.60. The van der Waals surface area contributed by atoms with Crippen LogP contribution in [0.25, 0.3) is 10.8 Å². The van der Waals surface area contributed by atoms with Crippen LogP contribution >= 0.6 is 0 Å². The minimum absolute atomic E-state index is 0.00187. The van der Waals surface area contributed by atoms with Gasteiger partial charge in [0, 0.05) is 18.7 Å². The number of amides is 4. The molecule has 2 N–H and O–H groups in total. The molecule has 34 heavy (non-hydrogen) atoms. The molecular formula is C28H29N3O3. The maximum absolute atomic E-state index is 13.2. The van der Waals surface area contributed by atoms with Gasteiger partial charge in [0.05, 0.1) is 0 Å². The quantitative estimate of drug-likeness (QED) is 0.567. The molecule has 1 atom stereocenters. The molecular weight excluding hydrogens is 426 g/mol. The lowest BCUT2D eigenvalue weighted by Crippen LogP contribution is -2.48. The SMILES string of the molecule is CC(C)[C@]1(c2ccc(C(=O)N3CCC(c4ccc5ccccc5c4)CC3)cc2)NC(=O)NC1=O. The van der Waals surface area contributed by atoms with E-state index >= 15 is 0 Å². The summed E-state index contributed by atoms with van der Waals surface area (Å²) in [5.74, 6) is -0.0505. The van der Waals surface area contributed by atoms with Gasteiger partial charge in [-0.25, -0.2) is 4.79 Å². The van der Waals surface area contributed by atoms with Crippen molar-refractivity contribution in [2.75, 3.05) is 13.1 Å². The predicted octanol–water partition coefficient (Wildman–Crippen LogP) is 4.55. The standard InChI is InChI=1S/C28H29N3O3/c1-18(2)28(26(33)29-27(34)30-28)24-11-9-21(10-12-24)25(32)31-15-13-20(14-16-31)23-8-7-19-5-3-4-6-22(19)17-23/h3-12,17-18,20H,13-16H2,1-2H3,(H2,29,30,33,34)/t28-/m1/s1. The van der Waals surface area contributed by atoms with E-state index in [0.717, 1.165) is 12.8 Å². The van der Waals surface area contributed by atoms with Crippen molar-refractivity contribution in [3.05, 3.63) is 83.4 Å². The largest absolute Gasteiger partial charge is 0.339 e. The van der Waals surface area contributed by atoms with E-state index in [1.54, 1.807) is 24.3 Å². The van der Waals surface area contributed by atoms with Crippen LogP contribution in [-0.2, 0) is 10.3 Å². The summed E-state index contributed by atoms with van der Waals surface area (Å²) in [6.07, 6.45) is 1.87. The summed E-state index contributed by atoms with van der Waals surface area (Å²) in [6, 6.07) is 21.6. The number of hydrogen-bond donors (Lipinski definition) is 2. The topological polar surface area (TPSA) is 78.5 Å². The van der Waals surface area contributed by atoms with Crippen LogP contribution in [0.15, 0.2) is 66.7 Å². The fourth-order valence-electron chi connectivity index (χ4n) is 5.35. The maximum atomic E-state index is 13.2. The van der Waals surface area contributed by atoms with E-state index in [2.05, 4.69) is 53.1 Å². The van der Waals surface area contributed by atoms with E-state index in [1.807, 2.05) is 18.7 Å². The van der Waals surface area contributed by atoms with Crippen molar-refractivity contribution in [3.63, 3.8) is 0 Å². The molecule has 0 aliphatic carbocycles. The Bertz CT molecular complexity index is 1260. The third kappa shape index (κ3) is 3.73. The number of nitrogens with one attached hydrogen (secondary N) is 2. The molecule has 3 aromatic rings. The molecule has 2 fully saturated rings. The van der Waals surface area contributed by atoms with Crippen molar-refractivity contribution in [2.45, 2.75) is 38.1 Å². The number of imide groups is 1. The normalized spacial score (nSPS) is 21.1. The van der Waals surface area contributed by atoms with Crippen LogP contribution in [0.5, 0.6) is 0 Å². The number of piperidine rings is 1. The third-order valence-electron chi connectivity index (χ3n) is 7.38. The number of benzene rings is 3. The molecule has 0 radical (unpaired) electrons. The van der Waals surface area contributed by atoms with Gasteiger partial charge in [-0.05, 0) is 58.7 Å². The van der Waals surface area contributed by atoms with Crippen molar-refractivity contribution in [1.82, 2.24) is 15.5 Å². The molecule has 2 aliphatic rings. The maximum Gasteiger partial charge on any atom is 0.322 e. The van der Waals surface area contributed by atoms with Gasteiger partial charge in [-0.2, -0.15) is 0 Å². The molecule has 6 nitrogen and oxygen atoms in total. The van der Waals surface area contributed by atoms with Crippen LogP contribution in [0.4, 0.5) is 4.79 Å². The highest BCUT2D eigenvalue weighted by Crippen LogP contribution is 2.34. The second-order valence-corrected chi connectivity index (χ2v) is 9.62. The van der Waals surface area contributed by atoms with Crippen LogP contribution in [0.3, 0.4) is 0 Å². The molecule has 0 saturated carbocycles. The molecule has 2 heterocycles. The zero-order valence-corrected chi connectivity index (χ0v) is 19.5. The van der Waals surface area contributed by atoms with Gasteiger partial charge in [0.15, 0.2) is 0 Å². The van der Waals surface area contributed by atoms with Crippen LogP contribution in [0.1, 0.15) is 54.1 Å². The molecule has 4 amide bonds. The van der Waals surface area contributed by atoms with E-state index in [4.69, 9.17) is 0 Å². The Morgan fingerprint density at radius 1 is 0.941 bits per heavy atom. The Balaban J connectivity index is 1.27. The Labute approximate surface area is 199 Å². The van der Waals surface area contributed by atoms with Crippen LogP contribution in [-0.4, -0.2) is 35.8 Å². The molecule has 0 aromatic heterocycles. The zero-order valence-electron chi connectivity index (χ0n) is 19.5. The van der Waals surface area contributed by atoms with Crippen LogP contribution in [0, 0.1) is 5.92 Å². The summed E-state index contributed by atoms with van der Waals surface area (Å²) in [6.45, 7) is 5.22. The predicted molar refractivity (Wildman–Crippen MR) is 131 cm³/mol. The Hall–Kier alpha value is -3.67. The van der Waals surface area contributed by atoms with Gasteiger partial charge in [-0.3, -0.25) is 14.9 Å². The van der Waals surface area contributed by atoms with Gasteiger partial charge in [-0.1, -0.05) is 68.4 Å². The summed E-state index contributed by atoms with van der Waals surface area (Å²) in [5, 5.41) is 7.62. The summed E-state index contributed by atoms with van der Waals surface area (Å²) >= 11 is 0. The first-order chi connectivity index (χ1) is 16.4. The Morgan fingerprint density at radius 2 is 1.62 bits per heavy atom. The second-order valence-electron chi connectivity index (χ2n) is 9.62. The Morgan fingerprint density at radius 3 is 2.24 bits per heavy atom. The number of urea groups is 1. The lowest BCUT2D eigenvalue weighted by Gasteiger charge is -2.33. The summed E-state index contributed by atoms with van der Waals surface area (Å²) in [5.41, 5.74) is 1.50. The molecule has 5 rings (SSSR count). The average molecular weight is 456 g/mol. The summed E-state index contributed by atoms with van der Waals surface area (Å²) < 4.78 is 0. The van der Waals surface area contributed by atoms with Crippen molar-refractivity contribution in [1.29, 1.82) is 0 Å². The zero-order chi connectivity index (χ0) is 23.9. The lowest BCUT2D eigenvalue weighted by atomic mass is 9.79. The molecule has 3 aromatic carbocycles. The number of nitrogens with zero attached hydrogens (tertiary/aromatic N) is 1. The first-order valence-electron chi connectivity index (χ1n) is 11.9. The van der Waals surface area contributed by atoms with E-state index in [9.17, 15) is 14.4 Å². The molecule has 174 valence electrons. The molecule has 0 unspecified atom stereocenters. The number of carbonyl (C=O) groups excluding carboxylic acids is 3. The van der Waals surface area contributed by atoms with E-state index in [0.29, 0.717) is 30.1 Å². The van der Waals surface area contributed by atoms with E-state index < -0.39 is 11.6 Å². The molecule has 0 spiro atoms. The third-order valence-corrected chi connectivity index (χ3v) is 7.38. The number of rotatable bonds is 4. The fraction of sp³-hybridized carbons (Fsp3) is 0.321. The number of fused-ring (bicyclic) bond motifs is 1. The lowest BCUT2D eigenvalue weighted by molar-refractivity contribution is -0.125. The number of hydrogen-bond acceptors (Lipinski definition) is 3. The molecule has 0 bridgehead atoms. The fourth-order valence-corrected chi connectivity index (χ4v) is 5.35. The smallest absolute Gasteiger partial charge is 0.322 e. The molecule has 6 heteroatoms. The summed E-state index contributed by atoms with van der Waals surface area (Å²) in [4.78, 5) is 39.5. The van der Waals surface area contributed by atoms with Crippen molar-refractivity contribution in [3.8, 4) is 0 Å². The second kappa shape index (κ2) is 8.60. The van der Waals surface area contributed by atoms with Gasteiger partial charge in [0.1, 0.15) is 5.54 Å². The van der Waals surface area contributed by atoms with Gasteiger partial charge >= 0.3 is 6.03 Å². The number of carbonyl (C=O) groups is 3. The van der Waals surface area contributed by atoms with Crippen LogP contribution < -0.4 is 10.6 Å². The van der Waals surface area contributed by atoms with Gasteiger partial charge in [0.25, 0.3) is 11.8 Å². The highest BCUT2D eigenvalue weighted by molar-refractivity contribution is 6.07. The minimum atomic E-state index is -1.11. The average Bonchev–Trinajstić information content (AvgIpc) is 3.18. The molecule has 2 saturated heterocycles. The number of likely N-dealkylation sites (tertiary alicyclic amines) is 1. The molecule has 2 aliphatic heterocycles. The highest BCUT2D eigenvalue weighted by atomic mass is 16.2. The van der Waals surface area contributed by atoms with Crippen molar-refractivity contribution in [2.24, 2.45) is 5.92 Å². The monoisotopic (exact) mass is 455 g/mol. The van der Waals surface area contributed by atoms with Gasteiger partial charge in [0.2, 0.25) is 0 Å². The highest BCUT2D eigenvalue weighted by Gasteiger charge is 2.50. The first kappa shape index (κ1) is 22.1. The van der Waals surface area contributed by atoms with Gasteiger partial charge in [-0.15, -0.1) is 0 Å². The van der Waals surface area contributed by atoms with E-state index in [1.165, 1.54) is 16.3 Å². The van der Waals surface area contributed by atoms with Gasteiger partial charge < -0.3 is 10.2 Å². The first-order valence-corrected chi connectivity index (χ1v) is 11.9. The van der Waals surface area contributed by atoms with Crippen molar-refractivity contribution >= 4 is 28.6 Å². The van der Waals surface area contributed by atoms with E-state index in [-0.39, 0.29) is 17.7 Å². The van der Waals surface area contributed by atoms with Crippen LogP contribution in [0.2, 0.25) is 0 Å². The summed E-state index contributed by atoms with van der Waals surface area (Å²) in [7, 11) is 0. The van der Waals surface area contributed by atoms with Crippen molar-refractivity contribution < 1.29 is 14.4 Å². The minimum Gasteiger partial charge on any atom is -0.339 e.